The molecule has 0 bridgehead atoms. The van der Waals surface area contributed by atoms with Crippen molar-refractivity contribution < 1.29 is 19.0 Å². The molecule has 3 aromatic rings. The van der Waals surface area contributed by atoms with Crippen molar-refractivity contribution in [2.24, 2.45) is 5.10 Å². The maximum absolute atomic E-state index is 12.3. The Morgan fingerprint density at radius 1 is 1.06 bits per heavy atom. The van der Waals surface area contributed by atoms with E-state index < -0.39 is 0 Å². The average Bonchev–Trinajstić information content (AvgIpc) is 2.82. The van der Waals surface area contributed by atoms with Crippen molar-refractivity contribution in [1.82, 2.24) is 5.43 Å². The summed E-state index contributed by atoms with van der Waals surface area (Å²) in [4.78, 5) is 12.3. The number of ether oxygens (including phenoxy) is 3. The van der Waals surface area contributed by atoms with E-state index in [1.165, 1.54) is 13.3 Å². The normalized spacial score (nSPS) is 10.8. The van der Waals surface area contributed by atoms with Gasteiger partial charge >= 0.3 is 0 Å². The molecule has 6 nitrogen and oxygen atoms in total. The highest BCUT2D eigenvalue weighted by molar-refractivity contribution is 6.32. The highest BCUT2D eigenvalue weighted by Crippen LogP contribution is 2.36. The van der Waals surface area contributed by atoms with Crippen molar-refractivity contribution in [3.8, 4) is 17.2 Å². The number of halogens is 2. The van der Waals surface area contributed by atoms with Gasteiger partial charge in [0.15, 0.2) is 11.5 Å². The molecule has 0 heterocycles. The number of rotatable bonds is 10. The zero-order valence-corrected chi connectivity index (χ0v) is 19.8. The third-order valence-electron chi connectivity index (χ3n) is 4.49. The first-order valence-electron chi connectivity index (χ1n) is 10.3. The monoisotopic (exact) mass is 486 g/mol. The summed E-state index contributed by atoms with van der Waals surface area (Å²) in [6.07, 6.45) is 2.40. The number of methoxy groups -OCH3 is 1. The summed E-state index contributed by atoms with van der Waals surface area (Å²) < 4.78 is 16.8. The lowest BCUT2D eigenvalue weighted by molar-refractivity contribution is 0.0955. The molecule has 0 aliphatic rings. The molecule has 0 saturated heterocycles. The highest BCUT2D eigenvalue weighted by atomic mass is 35.5. The minimum Gasteiger partial charge on any atom is -0.494 e. The van der Waals surface area contributed by atoms with E-state index in [-0.39, 0.29) is 12.5 Å². The van der Waals surface area contributed by atoms with Crippen LogP contribution in [-0.2, 0) is 6.61 Å². The number of nitrogens with one attached hydrogen (secondary N) is 1. The van der Waals surface area contributed by atoms with E-state index in [1.807, 2.05) is 25.1 Å². The molecule has 8 heteroatoms. The number of hydrogen-bond donors (Lipinski definition) is 1. The van der Waals surface area contributed by atoms with Crippen LogP contribution in [0.4, 0.5) is 0 Å². The topological polar surface area (TPSA) is 69.2 Å². The Hall–Kier alpha value is -3.22. The lowest BCUT2D eigenvalue weighted by Crippen LogP contribution is -2.17. The van der Waals surface area contributed by atoms with Gasteiger partial charge in [-0.3, -0.25) is 4.79 Å². The van der Waals surface area contributed by atoms with Gasteiger partial charge in [-0.15, -0.1) is 0 Å². The quantitative estimate of drug-likeness (QED) is 0.276. The van der Waals surface area contributed by atoms with Crippen LogP contribution in [0.3, 0.4) is 0 Å². The van der Waals surface area contributed by atoms with Crippen molar-refractivity contribution in [3.05, 3.63) is 87.4 Å². The molecule has 0 unspecified atom stereocenters. The second-order valence-corrected chi connectivity index (χ2v) is 7.87. The number of carbonyl (C=O) groups excluding carboxylic acids is 1. The van der Waals surface area contributed by atoms with Crippen molar-refractivity contribution in [3.63, 3.8) is 0 Å². The number of benzene rings is 3. The number of amides is 1. The molecule has 0 aromatic heterocycles. The number of hydrazone groups is 1. The van der Waals surface area contributed by atoms with E-state index >= 15 is 0 Å². The van der Waals surface area contributed by atoms with Crippen molar-refractivity contribution in [2.45, 2.75) is 20.0 Å². The summed E-state index contributed by atoms with van der Waals surface area (Å²) in [5, 5.41) is 5.00. The van der Waals surface area contributed by atoms with E-state index in [1.54, 1.807) is 42.5 Å². The molecule has 0 fully saturated rings. The van der Waals surface area contributed by atoms with Gasteiger partial charge in [-0.25, -0.2) is 5.43 Å². The second-order valence-electron chi connectivity index (χ2n) is 7.02. The van der Waals surface area contributed by atoms with E-state index in [9.17, 15) is 4.79 Å². The summed E-state index contributed by atoms with van der Waals surface area (Å²) in [5.41, 5.74) is 4.50. The molecule has 0 atom stereocenters. The Morgan fingerprint density at radius 3 is 2.55 bits per heavy atom. The average molecular weight is 487 g/mol. The van der Waals surface area contributed by atoms with Gasteiger partial charge < -0.3 is 14.2 Å². The maximum atomic E-state index is 12.3. The minimum atomic E-state index is -0.340. The molecule has 0 radical (unpaired) electrons. The summed E-state index contributed by atoms with van der Waals surface area (Å²) in [5.74, 6) is 1.23. The molecule has 0 spiro atoms. The Kier molecular flexibility index (Phi) is 8.98. The van der Waals surface area contributed by atoms with Gasteiger partial charge in [0.1, 0.15) is 12.4 Å². The lowest BCUT2D eigenvalue weighted by Gasteiger charge is -2.13. The number of nitrogens with zero attached hydrogens (tertiary/aromatic N) is 1. The summed E-state index contributed by atoms with van der Waals surface area (Å²) in [6, 6.07) is 17.6. The molecular weight excluding hydrogens is 463 g/mol. The first-order chi connectivity index (χ1) is 16.0. The fraction of sp³-hybridized carbons (Fsp3) is 0.200. The molecule has 0 aliphatic heterocycles. The standard InChI is InChI=1S/C25H24Cl2N2O4/c1-3-11-32-21-9-7-19(8-10-21)25(30)29-28-15-18-13-22(27)24(23(14-18)31-2)33-16-17-5-4-6-20(26)12-17/h4-10,12-15H,3,11,16H2,1-2H3,(H,29,30)/b28-15+. The van der Waals surface area contributed by atoms with Crippen LogP contribution < -0.4 is 19.6 Å². The van der Waals surface area contributed by atoms with Crippen LogP contribution in [0.5, 0.6) is 17.2 Å². The van der Waals surface area contributed by atoms with E-state index in [4.69, 9.17) is 37.4 Å². The van der Waals surface area contributed by atoms with Crippen molar-refractivity contribution in [2.75, 3.05) is 13.7 Å². The maximum Gasteiger partial charge on any atom is 0.271 e. The summed E-state index contributed by atoms with van der Waals surface area (Å²) in [7, 11) is 1.52. The third-order valence-corrected chi connectivity index (χ3v) is 5.01. The third kappa shape index (κ3) is 7.14. The first-order valence-corrected chi connectivity index (χ1v) is 11.1. The largest absolute Gasteiger partial charge is 0.494 e. The predicted octanol–water partition coefficient (Wildman–Crippen LogP) is 6.13. The molecule has 172 valence electrons. The zero-order chi connectivity index (χ0) is 23.6. The number of carbonyl (C=O) groups is 1. The molecule has 0 saturated carbocycles. The van der Waals surface area contributed by atoms with E-state index in [0.29, 0.717) is 39.3 Å². The van der Waals surface area contributed by atoms with Crippen LogP contribution in [0.1, 0.15) is 34.8 Å². The summed E-state index contributed by atoms with van der Waals surface area (Å²) in [6.45, 7) is 2.94. The van der Waals surface area contributed by atoms with Gasteiger partial charge in [0.05, 0.1) is 25.0 Å². The molecule has 3 aromatic carbocycles. The Morgan fingerprint density at radius 2 is 1.85 bits per heavy atom. The fourth-order valence-electron chi connectivity index (χ4n) is 2.89. The molecular formula is C25H24Cl2N2O4. The number of hydrogen-bond acceptors (Lipinski definition) is 5. The lowest BCUT2D eigenvalue weighted by atomic mass is 10.2. The first kappa shape index (κ1) is 24.4. The van der Waals surface area contributed by atoms with Crippen LogP contribution in [0.2, 0.25) is 10.0 Å². The second kappa shape index (κ2) is 12.1. The zero-order valence-electron chi connectivity index (χ0n) is 18.3. The predicted molar refractivity (Wildman–Crippen MR) is 131 cm³/mol. The summed E-state index contributed by atoms with van der Waals surface area (Å²) >= 11 is 12.4. The van der Waals surface area contributed by atoms with Gasteiger partial charge in [-0.2, -0.15) is 5.10 Å². The van der Waals surface area contributed by atoms with Crippen LogP contribution in [0, 0.1) is 0 Å². The van der Waals surface area contributed by atoms with Crippen molar-refractivity contribution >= 4 is 35.3 Å². The van der Waals surface area contributed by atoms with Crippen LogP contribution >= 0.6 is 23.2 Å². The van der Waals surface area contributed by atoms with Gasteiger partial charge in [0.2, 0.25) is 0 Å². The molecule has 1 amide bonds. The molecule has 0 aliphatic carbocycles. The SMILES string of the molecule is CCCOc1ccc(C(=O)N/N=C/c2cc(Cl)c(OCc3cccc(Cl)c3)c(OC)c2)cc1. The van der Waals surface area contributed by atoms with E-state index in [2.05, 4.69) is 10.5 Å². The Labute approximate surface area is 203 Å². The van der Waals surface area contributed by atoms with Gasteiger partial charge in [-0.1, -0.05) is 42.3 Å². The molecule has 3 rings (SSSR count). The molecule has 33 heavy (non-hydrogen) atoms. The van der Waals surface area contributed by atoms with Crippen LogP contribution in [0.15, 0.2) is 65.8 Å². The van der Waals surface area contributed by atoms with Crippen LogP contribution in [-0.4, -0.2) is 25.8 Å². The minimum absolute atomic E-state index is 0.280. The molecule has 1 N–H and O–H groups in total. The Bertz CT molecular complexity index is 1120. The van der Waals surface area contributed by atoms with Crippen molar-refractivity contribution in [1.29, 1.82) is 0 Å². The van der Waals surface area contributed by atoms with E-state index in [0.717, 1.165) is 17.7 Å². The van der Waals surface area contributed by atoms with Gasteiger partial charge in [-0.05, 0) is 66.1 Å². The fourth-order valence-corrected chi connectivity index (χ4v) is 3.38. The smallest absolute Gasteiger partial charge is 0.271 e. The Balaban J connectivity index is 1.63. The highest BCUT2D eigenvalue weighted by Gasteiger charge is 2.12. The van der Waals surface area contributed by atoms with Gasteiger partial charge in [0, 0.05) is 10.6 Å². The van der Waals surface area contributed by atoms with Crippen LogP contribution in [0.25, 0.3) is 0 Å². The van der Waals surface area contributed by atoms with Gasteiger partial charge in [0.25, 0.3) is 5.91 Å².